The highest BCUT2D eigenvalue weighted by atomic mass is 35.5. The Balaban J connectivity index is 1.54. The van der Waals surface area contributed by atoms with Crippen LogP contribution >= 0.6 is 23.2 Å². The van der Waals surface area contributed by atoms with Gasteiger partial charge in [-0.15, -0.1) is 0 Å². The smallest absolute Gasteiger partial charge is 0.134 e. The van der Waals surface area contributed by atoms with E-state index in [4.69, 9.17) is 33.9 Å². The zero-order valence-corrected chi connectivity index (χ0v) is 23.1. The Hall–Kier alpha value is -3.99. The summed E-state index contributed by atoms with van der Waals surface area (Å²) < 4.78 is 0. The predicted octanol–water partition coefficient (Wildman–Crippen LogP) is 8.44. The fourth-order valence-corrected chi connectivity index (χ4v) is 5.34. The van der Waals surface area contributed by atoms with Gasteiger partial charge in [0.05, 0.1) is 16.2 Å². The first kappa shape index (κ1) is 26.6. The van der Waals surface area contributed by atoms with Crippen molar-refractivity contribution in [1.29, 1.82) is 0 Å². The van der Waals surface area contributed by atoms with Gasteiger partial charge in [0.2, 0.25) is 0 Å². The molecule has 0 aliphatic heterocycles. The summed E-state index contributed by atoms with van der Waals surface area (Å²) in [6.07, 6.45) is 10.1. The molecule has 2 N–H and O–H groups in total. The van der Waals surface area contributed by atoms with Gasteiger partial charge in [0, 0.05) is 41.9 Å². The Kier molecular flexibility index (Phi) is 8.36. The molecule has 0 amide bonds. The summed E-state index contributed by atoms with van der Waals surface area (Å²) in [6.45, 7) is 2.16. The predicted molar refractivity (Wildman–Crippen MR) is 163 cm³/mol. The second-order valence-corrected chi connectivity index (χ2v) is 10.0. The summed E-state index contributed by atoms with van der Waals surface area (Å²) in [4.78, 5) is 13.4. The van der Waals surface area contributed by atoms with E-state index in [2.05, 4.69) is 59.4 Å². The summed E-state index contributed by atoms with van der Waals surface area (Å²) in [5, 5.41) is 1.91. The lowest BCUT2D eigenvalue weighted by Crippen LogP contribution is -2.05. The molecule has 0 radical (unpaired) electrons. The van der Waals surface area contributed by atoms with Crippen molar-refractivity contribution >= 4 is 46.0 Å². The topological polar surface area (TPSA) is 64.2 Å². The molecule has 0 spiro atoms. The number of aromatic nitrogens is 2. The molecule has 5 rings (SSSR count). The van der Waals surface area contributed by atoms with E-state index in [0.717, 1.165) is 45.3 Å². The number of aliphatic imine (C=N–C) groups is 1. The van der Waals surface area contributed by atoms with Crippen molar-refractivity contribution in [2.45, 2.75) is 25.7 Å². The molecule has 1 atom stereocenters. The SMILES string of the molecule is CCc1ccc(C(c2cccnc2)c2ccc3nc(Cl)c(Cc4ccc(N=CC=CN)cc4)c(Cl)c3c2)cc1. The van der Waals surface area contributed by atoms with Crippen molar-refractivity contribution in [2.75, 3.05) is 0 Å². The lowest BCUT2D eigenvalue weighted by molar-refractivity contribution is 0.961. The van der Waals surface area contributed by atoms with Crippen LogP contribution in [0, 0.1) is 0 Å². The second kappa shape index (κ2) is 12.2. The molecule has 0 saturated heterocycles. The number of pyridine rings is 2. The largest absolute Gasteiger partial charge is 0.405 e. The van der Waals surface area contributed by atoms with Crippen molar-refractivity contribution in [3.8, 4) is 0 Å². The van der Waals surface area contributed by atoms with Crippen molar-refractivity contribution < 1.29 is 0 Å². The van der Waals surface area contributed by atoms with Gasteiger partial charge in [-0.25, -0.2) is 4.98 Å². The van der Waals surface area contributed by atoms with E-state index < -0.39 is 0 Å². The van der Waals surface area contributed by atoms with E-state index in [0.29, 0.717) is 16.6 Å². The number of aryl methyl sites for hydroxylation is 1. The minimum atomic E-state index is 0.00594. The number of hydrogen-bond donors (Lipinski definition) is 1. The molecule has 194 valence electrons. The number of allylic oxidation sites excluding steroid dienone is 1. The van der Waals surface area contributed by atoms with E-state index in [9.17, 15) is 0 Å². The van der Waals surface area contributed by atoms with E-state index in [1.807, 2.05) is 42.6 Å². The molecule has 6 heteroatoms. The zero-order valence-electron chi connectivity index (χ0n) is 21.6. The molecule has 3 aromatic carbocycles. The Morgan fingerprint density at radius 2 is 1.64 bits per heavy atom. The zero-order chi connectivity index (χ0) is 27.2. The molecule has 39 heavy (non-hydrogen) atoms. The first-order valence-electron chi connectivity index (χ1n) is 12.8. The van der Waals surface area contributed by atoms with Crippen molar-refractivity contribution in [2.24, 2.45) is 10.7 Å². The summed E-state index contributed by atoms with van der Waals surface area (Å²) >= 11 is 13.7. The third-order valence-corrected chi connectivity index (χ3v) is 7.54. The minimum absolute atomic E-state index is 0.00594. The molecule has 0 aliphatic carbocycles. The maximum atomic E-state index is 7.04. The van der Waals surface area contributed by atoms with Crippen LogP contribution in [0.1, 0.15) is 46.2 Å². The summed E-state index contributed by atoms with van der Waals surface area (Å²) in [6, 6.07) is 27.1. The van der Waals surface area contributed by atoms with Gasteiger partial charge in [0.25, 0.3) is 0 Å². The highest BCUT2D eigenvalue weighted by Crippen LogP contribution is 2.37. The van der Waals surface area contributed by atoms with Crippen LogP contribution < -0.4 is 5.73 Å². The van der Waals surface area contributed by atoms with Crippen LogP contribution in [0.5, 0.6) is 0 Å². The Morgan fingerprint density at radius 3 is 2.33 bits per heavy atom. The van der Waals surface area contributed by atoms with Crippen molar-refractivity contribution in [3.05, 3.63) is 147 Å². The van der Waals surface area contributed by atoms with E-state index >= 15 is 0 Å². The van der Waals surface area contributed by atoms with Gasteiger partial charge in [-0.05, 0) is 76.8 Å². The third kappa shape index (κ3) is 6.03. The molecule has 0 fully saturated rings. The van der Waals surface area contributed by atoms with E-state index in [-0.39, 0.29) is 5.92 Å². The molecular weight excluding hydrogens is 523 g/mol. The number of nitrogens with two attached hydrogens (primary N) is 1. The van der Waals surface area contributed by atoms with Crippen molar-refractivity contribution in [1.82, 2.24) is 9.97 Å². The van der Waals surface area contributed by atoms with Crippen LogP contribution in [-0.2, 0) is 12.8 Å². The number of rotatable bonds is 8. The van der Waals surface area contributed by atoms with Gasteiger partial charge in [0.1, 0.15) is 5.15 Å². The van der Waals surface area contributed by atoms with Crippen LogP contribution in [0.4, 0.5) is 5.69 Å². The van der Waals surface area contributed by atoms with Gasteiger partial charge < -0.3 is 5.73 Å². The number of benzene rings is 3. The Morgan fingerprint density at radius 1 is 0.897 bits per heavy atom. The highest BCUT2D eigenvalue weighted by Gasteiger charge is 2.20. The van der Waals surface area contributed by atoms with Gasteiger partial charge in [-0.3, -0.25) is 9.98 Å². The maximum Gasteiger partial charge on any atom is 0.134 e. The molecule has 5 aromatic rings. The number of fused-ring (bicyclic) bond motifs is 1. The Bertz CT molecular complexity index is 1630. The van der Waals surface area contributed by atoms with Crippen LogP contribution in [0.15, 0.2) is 109 Å². The summed E-state index contributed by atoms with van der Waals surface area (Å²) in [7, 11) is 0. The van der Waals surface area contributed by atoms with Crippen LogP contribution in [0.25, 0.3) is 10.9 Å². The fraction of sp³-hybridized carbons (Fsp3) is 0.121. The maximum absolute atomic E-state index is 7.04. The van der Waals surface area contributed by atoms with Crippen LogP contribution in [0.2, 0.25) is 10.2 Å². The van der Waals surface area contributed by atoms with Gasteiger partial charge >= 0.3 is 0 Å². The summed E-state index contributed by atoms with van der Waals surface area (Å²) in [5.74, 6) is 0.00594. The standard InChI is InChI=1S/C33H28Cl2N4/c1-2-22-6-10-24(11-7-22)31(26-5-3-17-37-21-26)25-12-15-30-28(20-25)32(34)29(33(35)39-30)19-23-8-13-27(14-9-23)38-18-4-16-36/h3-18,20-21,31H,2,19,36H2,1H3. The van der Waals surface area contributed by atoms with Gasteiger partial charge in [-0.1, -0.05) is 78.7 Å². The average Bonchev–Trinajstić information content (AvgIpc) is 2.97. The van der Waals surface area contributed by atoms with Crippen molar-refractivity contribution in [3.63, 3.8) is 0 Å². The number of halogens is 2. The molecule has 4 nitrogen and oxygen atoms in total. The molecule has 2 aromatic heterocycles. The lowest BCUT2D eigenvalue weighted by Gasteiger charge is -2.20. The van der Waals surface area contributed by atoms with Gasteiger partial charge in [0.15, 0.2) is 0 Å². The first-order valence-corrected chi connectivity index (χ1v) is 13.6. The number of hydrogen-bond acceptors (Lipinski definition) is 4. The normalized spacial score (nSPS) is 12.5. The number of nitrogens with zero attached hydrogens (tertiary/aromatic N) is 3. The highest BCUT2D eigenvalue weighted by molar-refractivity contribution is 6.39. The van der Waals surface area contributed by atoms with E-state index in [1.54, 1.807) is 18.5 Å². The van der Waals surface area contributed by atoms with Gasteiger partial charge in [-0.2, -0.15) is 0 Å². The quantitative estimate of drug-likeness (QED) is 0.155. The summed E-state index contributed by atoms with van der Waals surface area (Å²) in [5.41, 5.74) is 13.6. The molecule has 0 bridgehead atoms. The third-order valence-electron chi connectivity index (χ3n) is 6.80. The molecule has 0 saturated carbocycles. The monoisotopic (exact) mass is 550 g/mol. The molecular formula is C33H28Cl2N4. The first-order chi connectivity index (χ1) is 19.1. The molecule has 2 heterocycles. The fourth-order valence-electron chi connectivity index (χ4n) is 4.74. The lowest BCUT2D eigenvalue weighted by atomic mass is 9.85. The average molecular weight is 552 g/mol. The van der Waals surface area contributed by atoms with Crippen LogP contribution in [0.3, 0.4) is 0 Å². The van der Waals surface area contributed by atoms with Crippen LogP contribution in [-0.4, -0.2) is 16.2 Å². The molecule has 0 aliphatic rings. The minimum Gasteiger partial charge on any atom is -0.405 e. The Labute approximate surface area is 238 Å². The van der Waals surface area contributed by atoms with E-state index in [1.165, 1.54) is 17.3 Å². The second-order valence-electron chi connectivity index (χ2n) is 9.29. The molecule has 1 unspecified atom stereocenters.